The summed E-state index contributed by atoms with van der Waals surface area (Å²) in [7, 11) is 0. The number of nitrogens with zero attached hydrogens (tertiary/aromatic N) is 2. The summed E-state index contributed by atoms with van der Waals surface area (Å²) in [6.07, 6.45) is 4.31. The third-order valence-electron chi connectivity index (χ3n) is 2.40. The van der Waals surface area contributed by atoms with Gasteiger partial charge in [0.15, 0.2) is 0 Å². The van der Waals surface area contributed by atoms with E-state index >= 15 is 0 Å². The van der Waals surface area contributed by atoms with Crippen LogP contribution in [-0.2, 0) is 12.8 Å². The van der Waals surface area contributed by atoms with Crippen molar-refractivity contribution in [1.29, 1.82) is 0 Å². The van der Waals surface area contributed by atoms with Gasteiger partial charge in [-0.05, 0) is 42.4 Å². The van der Waals surface area contributed by atoms with Gasteiger partial charge in [0.1, 0.15) is 11.6 Å². The Bertz CT molecular complexity index is 339. The topological polar surface area (TPSA) is 37.8 Å². The summed E-state index contributed by atoms with van der Waals surface area (Å²) < 4.78 is 1.17. The molecule has 0 aliphatic heterocycles. The first-order valence-corrected chi connectivity index (χ1v) is 7.09. The van der Waals surface area contributed by atoms with Crippen LogP contribution in [0.4, 0.5) is 5.82 Å². The third-order valence-corrected chi connectivity index (χ3v) is 3.53. The van der Waals surface area contributed by atoms with Gasteiger partial charge in [0.2, 0.25) is 0 Å². The highest BCUT2D eigenvalue weighted by atomic mass is 127. The molecule has 0 amide bonds. The van der Waals surface area contributed by atoms with E-state index in [1.54, 1.807) is 0 Å². The fraction of sp³-hybridized carbons (Fsp3) is 0.667. The van der Waals surface area contributed by atoms with Gasteiger partial charge in [-0.15, -0.1) is 0 Å². The number of rotatable bonds is 6. The van der Waals surface area contributed by atoms with Crippen LogP contribution in [0.25, 0.3) is 0 Å². The second kappa shape index (κ2) is 7.04. The maximum atomic E-state index is 4.61. The Morgan fingerprint density at radius 1 is 1.19 bits per heavy atom. The normalized spacial score (nSPS) is 10.5. The molecule has 0 fully saturated rings. The first kappa shape index (κ1) is 13.7. The minimum Gasteiger partial charge on any atom is -0.369 e. The number of unbranched alkanes of at least 4 members (excludes halogenated alkanes) is 1. The summed E-state index contributed by atoms with van der Waals surface area (Å²) in [6, 6.07) is 0. The molecule has 4 heteroatoms. The number of nitrogens with one attached hydrogen (secondary N) is 1. The van der Waals surface area contributed by atoms with Crippen molar-refractivity contribution in [2.45, 2.75) is 46.5 Å². The molecule has 1 rings (SSSR count). The zero-order valence-corrected chi connectivity index (χ0v) is 12.5. The van der Waals surface area contributed by atoms with Crippen LogP contribution >= 0.6 is 22.6 Å². The molecule has 0 radical (unpaired) electrons. The zero-order valence-electron chi connectivity index (χ0n) is 10.3. The largest absolute Gasteiger partial charge is 0.369 e. The summed E-state index contributed by atoms with van der Waals surface area (Å²) in [4.78, 5) is 9.19. The molecule has 0 saturated carbocycles. The molecule has 1 aromatic rings. The van der Waals surface area contributed by atoms with Crippen LogP contribution in [-0.4, -0.2) is 16.5 Å². The van der Waals surface area contributed by atoms with Crippen molar-refractivity contribution in [3.05, 3.63) is 15.1 Å². The number of hydrogen-bond acceptors (Lipinski definition) is 3. The summed E-state index contributed by atoms with van der Waals surface area (Å²) in [6.45, 7) is 7.33. The van der Waals surface area contributed by atoms with Gasteiger partial charge in [0.05, 0.1) is 9.26 Å². The van der Waals surface area contributed by atoms with Crippen molar-refractivity contribution >= 4 is 28.4 Å². The van der Waals surface area contributed by atoms with E-state index in [1.807, 2.05) is 0 Å². The van der Waals surface area contributed by atoms with Crippen molar-refractivity contribution in [2.24, 2.45) is 0 Å². The van der Waals surface area contributed by atoms with Gasteiger partial charge in [0, 0.05) is 13.0 Å². The van der Waals surface area contributed by atoms with Gasteiger partial charge < -0.3 is 5.32 Å². The van der Waals surface area contributed by atoms with Crippen LogP contribution in [0.5, 0.6) is 0 Å². The number of hydrogen-bond donors (Lipinski definition) is 1. The van der Waals surface area contributed by atoms with E-state index in [0.717, 1.165) is 43.1 Å². The van der Waals surface area contributed by atoms with E-state index in [0.29, 0.717) is 0 Å². The highest BCUT2D eigenvalue weighted by Gasteiger charge is 2.09. The van der Waals surface area contributed by atoms with Crippen LogP contribution in [0.15, 0.2) is 0 Å². The van der Waals surface area contributed by atoms with Crippen LogP contribution in [0.2, 0.25) is 0 Å². The van der Waals surface area contributed by atoms with E-state index in [4.69, 9.17) is 0 Å². The van der Waals surface area contributed by atoms with Crippen molar-refractivity contribution in [3.8, 4) is 0 Å². The summed E-state index contributed by atoms with van der Waals surface area (Å²) in [5.74, 6) is 1.98. The lowest BCUT2D eigenvalue weighted by Gasteiger charge is -2.11. The average molecular weight is 333 g/mol. The minimum absolute atomic E-state index is 0.906. The number of halogens is 1. The summed E-state index contributed by atoms with van der Waals surface area (Å²) in [5.41, 5.74) is 1.16. The molecule has 0 spiro atoms. The molecule has 0 unspecified atom stereocenters. The van der Waals surface area contributed by atoms with Gasteiger partial charge in [-0.3, -0.25) is 0 Å². The lowest BCUT2D eigenvalue weighted by Crippen LogP contribution is -2.09. The second-order valence-electron chi connectivity index (χ2n) is 3.74. The molecule has 16 heavy (non-hydrogen) atoms. The Morgan fingerprint density at radius 3 is 2.50 bits per heavy atom. The van der Waals surface area contributed by atoms with E-state index < -0.39 is 0 Å². The molecular formula is C12H20IN3. The third kappa shape index (κ3) is 3.57. The number of aromatic nitrogens is 2. The fourth-order valence-electron chi connectivity index (χ4n) is 1.51. The molecular weight excluding hydrogens is 313 g/mol. The van der Waals surface area contributed by atoms with Crippen LogP contribution in [0.1, 0.15) is 45.1 Å². The second-order valence-corrected chi connectivity index (χ2v) is 4.82. The van der Waals surface area contributed by atoms with Crippen molar-refractivity contribution in [3.63, 3.8) is 0 Å². The predicted molar refractivity (Wildman–Crippen MR) is 76.9 cm³/mol. The molecule has 90 valence electrons. The molecule has 0 aromatic carbocycles. The number of anilines is 1. The predicted octanol–water partition coefficient (Wildman–Crippen LogP) is 3.42. The highest BCUT2D eigenvalue weighted by molar-refractivity contribution is 14.1. The molecule has 0 bridgehead atoms. The molecule has 3 nitrogen and oxygen atoms in total. The Morgan fingerprint density at radius 2 is 1.94 bits per heavy atom. The van der Waals surface area contributed by atoms with Gasteiger partial charge in [0.25, 0.3) is 0 Å². The van der Waals surface area contributed by atoms with E-state index in [9.17, 15) is 0 Å². The molecule has 1 N–H and O–H groups in total. The average Bonchev–Trinajstić information content (AvgIpc) is 2.30. The van der Waals surface area contributed by atoms with Crippen molar-refractivity contribution < 1.29 is 0 Å². The van der Waals surface area contributed by atoms with Gasteiger partial charge in [-0.2, -0.15) is 0 Å². The van der Waals surface area contributed by atoms with Crippen molar-refractivity contribution in [2.75, 3.05) is 11.9 Å². The molecule has 0 aliphatic rings. The maximum Gasteiger partial charge on any atom is 0.143 e. The Balaban J connectivity index is 2.97. The minimum atomic E-state index is 0.906. The molecule has 1 heterocycles. The Labute approximate surface area is 112 Å². The van der Waals surface area contributed by atoms with Crippen LogP contribution < -0.4 is 5.32 Å². The van der Waals surface area contributed by atoms with Gasteiger partial charge >= 0.3 is 0 Å². The van der Waals surface area contributed by atoms with Crippen LogP contribution in [0.3, 0.4) is 0 Å². The van der Waals surface area contributed by atoms with Crippen LogP contribution in [0, 0.1) is 3.57 Å². The highest BCUT2D eigenvalue weighted by Crippen LogP contribution is 2.20. The Hall–Kier alpha value is -0.390. The van der Waals surface area contributed by atoms with E-state index in [-0.39, 0.29) is 0 Å². The first-order chi connectivity index (χ1) is 7.72. The van der Waals surface area contributed by atoms with E-state index in [2.05, 4.69) is 58.6 Å². The summed E-state index contributed by atoms with van der Waals surface area (Å²) >= 11 is 2.33. The quantitative estimate of drug-likeness (QED) is 0.811. The summed E-state index contributed by atoms with van der Waals surface area (Å²) in [5, 5.41) is 3.31. The lowest BCUT2D eigenvalue weighted by atomic mass is 10.2. The fourth-order valence-corrected chi connectivity index (χ4v) is 2.32. The van der Waals surface area contributed by atoms with Crippen molar-refractivity contribution in [1.82, 2.24) is 9.97 Å². The molecule has 1 aromatic heterocycles. The monoisotopic (exact) mass is 333 g/mol. The molecule has 0 aliphatic carbocycles. The molecule has 0 saturated heterocycles. The maximum absolute atomic E-state index is 4.61. The van der Waals surface area contributed by atoms with Gasteiger partial charge in [-0.25, -0.2) is 9.97 Å². The standard InChI is InChI=1S/C12H20IN3/c1-4-7-8-10-15-9(5-2)11(13)12(16-10)14-6-3/h4-8H2,1-3H3,(H,14,15,16). The van der Waals surface area contributed by atoms with E-state index in [1.165, 1.54) is 9.99 Å². The first-order valence-electron chi connectivity index (χ1n) is 6.02. The lowest BCUT2D eigenvalue weighted by molar-refractivity contribution is 0.742. The molecule has 0 atom stereocenters. The Kier molecular flexibility index (Phi) is 6.01. The van der Waals surface area contributed by atoms with Gasteiger partial charge in [-0.1, -0.05) is 20.3 Å². The smallest absolute Gasteiger partial charge is 0.143 e. The number of aryl methyl sites for hydroxylation is 2. The zero-order chi connectivity index (χ0) is 12.0. The SMILES string of the molecule is CCCCc1nc(CC)c(I)c(NCC)n1.